The van der Waals surface area contributed by atoms with Gasteiger partial charge in [-0.25, -0.2) is 0 Å². The van der Waals surface area contributed by atoms with Gasteiger partial charge in [-0.1, -0.05) is 26.2 Å². The molecule has 0 bridgehead atoms. The second kappa shape index (κ2) is 10.7. The number of amides is 1. The highest BCUT2D eigenvalue weighted by molar-refractivity contribution is 5.77. The molecule has 2 heterocycles. The third kappa shape index (κ3) is 6.93. The normalized spacial score (nSPS) is 21.6. The Balaban J connectivity index is 1.67. The third-order valence-corrected chi connectivity index (χ3v) is 5.40. The molecule has 1 N–H and O–H groups in total. The van der Waals surface area contributed by atoms with Gasteiger partial charge in [0.2, 0.25) is 5.91 Å². The Hall–Kier alpha value is -1.16. The smallest absolute Gasteiger partial charge is 0.221 e. The number of rotatable bonds is 9. The van der Waals surface area contributed by atoms with E-state index in [1.54, 1.807) is 0 Å². The van der Waals surface area contributed by atoms with Crippen molar-refractivity contribution < 1.29 is 9.53 Å². The van der Waals surface area contributed by atoms with Gasteiger partial charge in [0, 0.05) is 45.7 Å². The van der Waals surface area contributed by atoms with Gasteiger partial charge in [-0.2, -0.15) is 5.26 Å². The number of unbranched alkanes of at least 4 members (excludes halogenated alkanes) is 3. The summed E-state index contributed by atoms with van der Waals surface area (Å²) in [5.41, 5.74) is -0.655. The molecular formula is C19H34N4O2. The molecule has 0 aromatic heterocycles. The number of hydrogen-bond acceptors (Lipinski definition) is 5. The van der Waals surface area contributed by atoms with Crippen LogP contribution in [0, 0.1) is 11.3 Å². The number of piperidine rings is 1. The minimum atomic E-state index is -0.655. The summed E-state index contributed by atoms with van der Waals surface area (Å²) in [7, 11) is 0. The zero-order chi connectivity index (χ0) is 18.0. The first kappa shape index (κ1) is 20.2. The maximum absolute atomic E-state index is 12.2. The van der Waals surface area contributed by atoms with Crippen molar-refractivity contribution in [2.24, 2.45) is 0 Å². The van der Waals surface area contributed by atoms with E-state index in [1.807, 2.05) is 0 Å². The SMILES string of the molecule is CCCCCCC(=O)NC1(C#N)CCN(CCN2CCOCC2)CC1. The number of nitriles is 1. The Labute approximate surface area is 152 Å². The van der Waals surface area contributed by atoms with Crippen LogP contribution in [0.15, 0.2) is 0 Å². The van der Waals surface area contributed by atoms with E-state index in [0.29, 0.717) is 6.42 Å². The summed E-state index contributed by atoms with van der Waals surface area (Å²) in [5.74, 6) is 0.0411. The highest BCUT2D eigenvalue weighted by atomic mass is 16.5. The molecule has 0 spiro atoms. The van der Waals surface area contributed by atoms with Crippen LogP contribution in [0.5, 0.6) is 0 Å². The standard InChI is InChI=1S/C19H34N4O2/c1-2-3-4-5-6-18(24)21-19(17-20)7-9-22(10-8-19)11-12-23-13-15-25-16-14-23/h2-16H2,1H3,(H,21,24). The monoisotopic (exact) mass is 350 g/mol. The van der Waals surface area contributed by atoms with Gasteiger partial charge in [0.25, 0.3) is 0 Å². The summed E-state index contributed by atoms with van der Waals surface area (Å²) in [5, 5.41) is 12.6. The Kier molecular flexibility index (Phi) is 8.66. The number of carbonyl (C=O) groups is 1. The quantitative estimate of drug-likeness (QED) is 0.642. The summed E-state index contributed by atoms with van der Waals surface area (Å²) < 4.78 is 5.38. The Morgan fingerprint density at radius 3 is 2.32 bits per heavy atom. The predicted octanol–water partition coefficient (Wildman–Crippen LogP) is 1.76. The molecule has 0 saturated carbocycles. The number of nitrogens with zero attached hydrogens (tertiary/aromatic N) is 3. The van der Waals surface area contributed by atoms with Gasteiger partial charge in [-0.15, -0.1) is 0 Å². The highest BCUT2D eigenvalue weighted by Gasteiger charge is 2.35. The number of nitrogens with one attached hydrogen (secondary N) is 1. The van der Waals surface area contributed by atoms with E-state index in [9.17, 15) is 10.1 Å². The topological polar surface area (TPSA) is 68.6 Å². The lowest BCUT2D eigenvalue weighted by Crippen LogP contribution is -2.55. The van der Waals surface area contributed by atoms with Crippen molar-refractivity contribution in [1.29, 1.82) is 5.26 Å². The molecule has 0 aromatic carbocycles. The fraction of sp³-hybridized carbons (Fsp3) is 0.895. The van der Waals surface area contributed by atoms with Crippen LogP contribution in [0.2, 0.25) is 0 Å². The van der Waals surface area contributed by atoms with Crippen LogP contribution < -0.4 is 5.32 Å². The lowest BCUT2D eigenvalue weighted by Gasteiger charge is -2.38. The van der Waals surface area contributed by atoms with Crippen LogP contribution in [0.1, 0.15) is 51.9 Å². The first-order chi connectivity index (χ1) is 12.2. The molecule has 25 heavy (non-hydrogen) atoms. The van der Waals surface area contributed by atoms with Gasteiger partial charge in [0.1, 0.15) is 5.54 Å². The minimum Gasteiger partial charge on any atom is -0.379 e. The summed E-state index contributed by atoms with van der Waals surface area (Å²) in [6.45, 7) is 9.73. The van der Waals surface area contributed by atoms with E-state index in [-0.39, 0.29) is 5.91 Å². The molecule has 0 atom stereocenters. The second-order valence-corrected chi connectivity index (χ2v) is 7.35. The molecule has 2 aliphatic rings. The second-order valence-electron chi connectivity index (χ2n) is 7.35. The van der Waals surface area contributed by atoms with Gasteiger partial charge in [-0.05, 0) is 19.3 Å². The van der Waals surface area contributed by atoms with Crippen molar-refractivity contribution in [3.05, 3.63) is 0 Å². The highest BCUT2D eigenvalue weighted by Crippen LogP contribution is 2.22. The van der Waals surface area contributed by atoms with E-state index in [1.165, 1.54) is 12.8 Å². The molecule has 0 unspecified atom stereocenters. The summed E-state index contributed by atoms with van der Waals surface area (Å²) >= 11 is 0. The third-order valence-electron chi connectivity index (χ3n) is 5.40. The lowest BCUT2D eigenvalue weighted by atomic mass is 9.88. The summed E-state index contributed by atoms with van der Waals surface area (Å²) in [6, 6.07) is 2.39. The zero-order valence-electron chi connectivity index (χ0n) is 15.8. The largest absolute Gasteiger partial charge is 0.379 e. The molecule has 0 aromatic rings. The fourth-order valence-corrected chi connectivity index (χ4v) is 3.57. The van der Waals surface area contributed by atoms with Gasteiger partial charge < -0.3 is 15.0 Å². The summed E-state index contributed by atoms with van der Waals surface area (Å²) in [4.78, 5) is 17.0. The molecule has 2 fully saturated rings. The van der Waals surface area contributed by atoms with Crippen LogP contribution >= 0.6 is 0 Å². The van der Waals surface area contributed by atoms with Crippen LogP contribution in [-0.4, -0.2) is 73.7 Å². The lowest BCUT2D eigenvalue weighted by molar-refractivity contribution is -0.123. The minimum absolute atomic E-state index is 0.0411. The molecule has 142 valence electrons. The molecule has 6 nitrogen and oxygen atoms in total. The van der Waals surface area contributed by atoms with Crippen LogP contribution in [0.3, 0.4) is 0 Å². The number of carbonyl (C=O) groups excluding carboxylic acids is 1. The Morgan fingerprint density at radius 2 is 1.72 bits per heavy atom. The average molecular weight is 351 g/mol. The molecule has 2 rings (SSSR count). The number of likely N-dealkylation sites (tertiary alicyclic amines) is 1. The maximum atomic E-state index is 12.2. The molecule has 2 aliphatic heterocycles. The maximum Gasteiger partial charge on any atom is 0.221 e. The van der Waals surface area contributed by atoms with Crippen molar-refractivity contribution in [1.82, 2.24) is 15.1 Å². The first-order valence-electron chi connectivity index (χ1n) is 9.92. The van der Waals surface area contributed by atoms with Crippen molar-refractivity contribution in [2.75, 3.05) is 52.5 Å². The van der Waals surface area contributed by atoms with E-state index in [4.69, 9.17) is 4.74 Å². The van der Waals surface area contributed by atoms with Crippen molar-refractivity contribution >= 4 is 5.91 Å². The first-order valence-corrected chi connectivity index (χ1v) is 9.92. The van der Waals surface area contributed by atoms with Crippen molar-refractivity contribution in [3.8, 4) is 6.07 Å². The molecule has 2 saturated heterocycles. The molecule has 0 aliphatic carbocycles. The number of morpholine rings is 1. The van der Waals surface area contributed by atoms with Gasteiger partial charge >= 0.3 is 0 Å². The predicted molar refractivity (Wildman–Crippen MR) is 98.2 cm³/mol. The van der Waals surface area contributed by atoms with E-state index < -0.39 is 5.54 Å². The number of hydrogen-bond donors (Lipinski definition) is 1. The zero-order valence-corrected chi connectivity index (χ0v) is 15.8. The number of ether oxygens (including phenoxy) is 1. The molecule has 6 heteroatoms. The molecule has 1 amide bonds. The molecular weight excluding hydrogens is 316 g/mol. The van der Waals surface area contributed by atoms with Crippen LogP contribution in [-0.2, 0) is 9.53 Å². The van der Waals surface area contributed by atoms with Gasteiger partial charge in [0.15, 0.2) is 0 Å². The van der Waals surface area contributed by atoms with Crippen LogP contribution in [0.25, 0.3) is 0 Å². The van der Waals surface area contributed by atoms with E-state index in [0.717, 1.165) is 78.2 Å². The van der Waals surface area contributed by atoms with Crippen LogP contribution in [0.4, 0.5) is 0 Å². The van der Waals surface area contributed by atoms with Gasteiger partial charge in [-0.3, -0.25) is 9.69 Å². The van der Waals surface area contributed by atoms with Crippen molar-refractivity contribution in [3.63, 3.8) is 0 Å². The Bertz CT molecular complexity index is 435. The van der Waals surface area contributed by atoms with E-state index in [2.05, 4.69) is 28.1 Å². The van der Waals surface area contributed by atoms with Gasteiger partial charge in [0.05, 0.1) is 19.3 Å². The fourth-order valence-electron chi connectivity index (χ4n) is 3.57. The van der Waals surface area contributed by atoms with E-state index >= 15 is 0 Å². The molecule has 0 radical (unpaired) electrons. The Morgan fingerprint density at radius 1 is 1.08 bits per heavy atom. The summed E-state index contributed by atoms with van der Waals surface area (Å²) in [6.07, 6.45) is 6.37. The average Bonchev–Trinajstić information content (AvgIpc) is 2.65. The van der Waals surface area contributed by atoms with Crippen molar-refractivity contribution in [2.45, 2.75) is 57.4 Å².